The van der Waals surface area contributed by atoms with E-state index in [0.717, 1.165) is 6.54 Å². The first kappa shape index (κ1) is 15.4. The van der Waals surface area contributed by atoms with Gasteiger partial charge in [-0.2, -0.15) is 0 Å². The van der Waals surface area contributed by atoms with Crippen molar-refractivity contribution in [2.45, 2.75) is 38.1 Å². The molecule has 4 heterocycles. The number of hydrazine groups is 1. The first-order valence-corrected chi connectivity index (χ1v) is 9.19. The Kier molecular flexibility index (Phi) is 4.51. The molecule has 126 valence electrons. The maximum Gasteiger partial charge on any atom is 0.0552 e. The number of aromatic nitrogens is 1. The minimum absolute atomic E-state index is 0.559. The van der Waals surface area contributed by atoms with Gasteiger partial charge in [0, 0.05) is 45.0 Å². The highest BCUT2D eigenvalue weighted by molar-refractivity contribution is 5.44. The molecule has 0 radical (unpaired) electrons. The quantitative estimate of drug-likeness (QED) is 0.887. The summed E-state index contributed by atoms with van der Waals surface area (Å²) < 4.78 is 0. The summed E-state index contributed by atoms with van der Waals surface area (Å²) in [5.74, 6) is 0. The predicted molar refractivity (Wildman–Crippen MR) is 93.3 cm³/mol. The number of nitrogens with zero attached hydrogens (tertiary/aromatic N) is 3. The maximum atomic E-state index is 4.27. The van der Waals surface area contributed by atoms with E-state index in [4.69, 9.17) is 0 Å². The average molecular weight is 315 g/mol. The second-order valence-electron chi connectivity index (χ2n) is 7.59. The number of hydrogen-bond acceptors (Lipinski definition) is 5. The Balaban J connectivity index is 1.34. The molecule has 2 N–H and O–H groups in total. The standard InChI is InChI=1S/C18H29N5/c1-3-17(13-19-8-1)23-11-6-18(7-12-23)5-2-10-22(15-18)14-16-4-9-20-21-16/h1,3,8,13,16,20-21H,2,4-7,9-12,14-15H2. The molecular weight excluding hydrogens is 286 g/mol. The molecule has 1 aromatic heterocycles. The Morgan fingerprint density at radius 1 is 1.22 bits per heavy atom. The van der Waals surface area contributed by atoms with Gasteiger partial charge in [-0.15, -0.1) is 0 Å². The van der Waals surface area contributed by atoms with Crippen molar-refractivity contribution in [1.82, 2.24) is 20.7 Å². The number of anilines is 1. The van der Waals surface area contributed by atoms with Crippen LogP contribution in [-0.4, -0.2) is 55.2 Å². The fourth-order valence-corrected chi connectivity index (χ4v) is 4.64. The summed E-state index contributed by atoms with van der Waals surface area (Å²) in [6, 6.07) is 4.88. The third kappa shape index (κ3) is 3.52. The normalized spacial score (nSPS) is 28.3. The molecule has 1 unspecified atom stereocenters. The van der Waals surface area contributed by atoms with Crippen molar-refractivity contribution < 1.29 is 0 Å². The number of nitrogens with one attached hydrogen (secondary N) is 2. The van der Waals surface area contributed by atoms with E-state index in [1.54, 1.807) is 0 Å². The second kappa shape index (κ2) is 6.75. The number of pyridine rings is 1. The van der Waals surface area contributed by atoms with E-state index in [1.807, 2.05) is 18.5 Å². The zero-order chi connectivity index (χ0) is 15.5. The van der Waals surface area contributed by atoms with Crippen molar-refractivity contribution in [3.05, 3.63) is 24.5 Å². The molecule has 3 aliphatic heterocycles. The van der Waals surface area contributed by atoms with Crippen molar-refractivity contribution in [2.24, 2.45) is 5.41 Å². The topological polar surface area (TPSA) is 43.4 Å². The lowest BCUT2D eigenvalue weighted by atomic mass is 9.72. The van der Waals surface area contributed by atoms with Crippen molar-refractivity contribution in [3.63, 3.8) is 0 Å². The zero-order valence-electron chi connectivity index (χ0n) is 14.0. The molecule has 0 amide bonds. The van der Waals surface area contributed by atoms with E-state index >= 15 is 0 Å². The van der Waals surface area contributed by atoms with Crippen LogP contribution in [0, 0.1) is 5.41 Å². The van der Waals surface area contributed by atoms with Crippen molar-refractivity contribution in [2.75, 3.05) is 44.2 Å². The van der Waals surface area contributed by atoms with Crippen molar-refractivity contribution >= 4 is 5.69 Å². The lowest BCUT2D eigenvalue weighted by Crippen LogP contribution is -2.52. The Bertz CT molecular complexity index is 491. The van der Waals surface area contributed by atoms with E-state index in [9.17, 15) is 0 Å². The van der Waals surface area contributed by atoms with Gasteiger partial charge in [0.1, 0.15) is 0 Å². The molecule has 1 atom stereocenters. The fourth-order valence-electron chi connectivity index (χ4n) is 4.64. The first-order chi connectivity index (χ1) is 11.3. The monoisotopic (exact) mass is 315 g/mol. The Morgan fingerprint density at radius 2 is 2.13 bits per heavy atom. The van der Waals surface area contributed by atoms with Crippen LogP contribution in [0.5, 0.6) is 0 Å². The molecule has 3 saturated heterocycles. The highest BCUT2D eigenvalue weighted by Crippen LogP contribution is 2.40. The van der Waals surface area contributed by atoms with Crippen LogP contribution in [0.25, 0.3) is 0 Å². The molecule has 1 spiro atoms. The lowest BCUT2D eigenvalue weighted by molar-refractivity contribution is 0.0600. The SMILES string of the molecule is c1cncc(N2CCC3(CCCN(CC4CCNN4)C3)CC2)c1. The third-order valence-corrected chi connectivity index (χ3v) is 5.98. The molecule has 0 bridgehead atoms. The highest BCUT2D eigenvalue weighted by Gasteiger charge is 2.38. The van der Waals surface area contributed by atoms with Gasteiger partial charge in [0.05, 0.1) is 11.9 Å². The zero-order valence-corrected chi connectivity index (χ0v) is 14.0. The van der Waals surface area contributed by atoms with Gasteiger partial charge >= 0.3 is 0 Å². The van der Waals surface area contributed by atoms with Crippen LogP contribution in [-0.2, 0) is 0 Å². The lowest BCUT2D eigenvalue weighted by Gasteiger charge is -2.48. The van der Waals surface area contributed by atoms with Gasteiger partial charge in [-0.3, -0.25) is 15.8 Å². The van der Waals surface area contributed by atoms with Crippen LogP contribution in [0.4, 0.5) is 5.69 Å². The summed E-state index contributed by atoms with van der Waals surface area (Å²) in [6.45, 7) is 7.27. The summed E-state index contributed by atoms with van der Waals surface area (Å²) in [5.41, 5.74) is 8.53. The minimum atomic E-state index is 0.559. The van der Waals surface area contributed by atoms with Crippen LogP contribution in [0.1, 0.15) is 32.1 Å². The van der Waals surface area contributed by atoms with E-state index < -0.39 is 0 Å². The van der Waals surface area contributed by atoms with Crippen molar-refractivity contribution in [1.29, 1.82) is 0 Å². The summed E-state index contributed by atoms with van der Waals surface area (Å²) in [4.78, 5) is 9.50. The molecule has 3 fully saturated rings. The van der Waals surface area contributed by atoms with Crippen LogP contribution >= 0.6 is 0 Å². The molecule has 23 heavy (non-hydrogen) atoms. The van der Waals surface area contributed by atoms with Gasteiger partial charge in [0.25, 0.3) is 0 Å². The van der Waals surface area contributed by atoms with E-state index in [0.29, 0.717) is 11.5 Å². The van der Waals surface area contributed by atoms with Gasteiger partial charge in [0.2, 0.25) is 0 Å². The number of rotatable bonds is 3. The molecule has 0 saturated carbocycles. The smallest absolute Gasteiger partial charge is 0.0552 e. The molecule has 0 aromatic carbocycles. The van der Waals surface area contributed by atoms with E-state index in [-0.39, 0.29) is 0 Å². The van der Waals surface area contributed by atoms with Gasteiger partial charge in [-0.25, -0.2) is 0 Å². The summed E-state index contributed by atoms with van der Waals surface area (Å²) in [5, 5.41) is 0. The molecule has 5 heteroatoms. The second-order valence-corrected chi connectivity index (χ2v) is 7.59. The average Bonchev–Trinajstić information content (AvgIpc) is 3.10. The highest BCUT2D eigenvalue weighted by atomic mass is 15.4. The van der Waals surface area contributed by atoms with E-state index in [2.05, 4.69) is 31.7 Å². The van der Waals surface area contributed by atoms with Crippen LogP contribution < -0.4 is 15.8 Å². The fraction of sp³-hybridized carbons (Fsp3) is 0.722. The largest absolute Gasteiger partial charge is 0.370 e. The molecular formula is C18H29N5. The molecule has 1 aromatic rings. The summed E-state index contributed by atoms with van der Waals surface area (Å²) in [6.07, 6.45) is 10.6. The summed E-state index contributed by atoms with van der Waals surface area (Å²) >= 11 is 0. The number of likely N-dealkylation sites (tertiary alicyclic amines) is 1. The molecule has 3 aliphatic rings. The Hall–Kier alpha value is -1.17. The van der Waals surface area contributed by atoms with Crippen LogP contribution in [0.15, 0.2) is 24.5 Å². The van der Waals surface area contributed by atoms with Crippen molar-refractivity contribution in [3.8, 4) is 0 Å². The van der Waals surface area contributed by atoms with Crippen LogP contribution in [0.3, 0.4) is 0 Å². The molecule has 5 nitrogen and oxygen atoms in total. The number of hydrogen-bond donors (Lipinski definition) is 2. The van der Waals surface area contributed by atoms with Gasteiger partial charge in [0.15, 0.2) is 0 Å². The Labute approximate surface area is 139 Å². The first-order valence-electron chi connectivity index (χ1n) is 9.19. The van der Waals surface area contributed by atoms with Gasteiger partial charge < -0.3 is 9.80 Å². The number of piperidine rings is 2. The predicted octanol–water partition coefficient (Wildman–Crippen LogP) is 1.63. The van der Waals surface area contributed by atoms with Crippen LogP contribution in [0.2, 0.25) is 0 Å². The molecule has 4 rings (SSSR count). The molecule has 0 aliphatic carbocycles. The Morgan fingerprint density at radius 3 is 2.87 bits per heavy atom. The minimum Gasteiger partial charge on any atom is -0.370 e. The van der Waals surface area contributed by atoms with Gasteiger partial charge in [-0.05, 0) is 56.2 Å². The van der Waals surface area contributed by atoms with Gasteiger partial charge in [-0.1, -0.05) is 0 Å². The maximum absolute atomic E-state index is 4.27. The van der Waals surface area contributed by atoms with E-state index in [1.165, 1.54) is 70.5 Å². The third-order valence-electron chi connectivity index (χ3n) is 5.98. The summed E-state index contributed by atoms with van der Waals surface area (Å²) in [7, 11) is 0.